The number of hydrogen-bond donors (Lipinski definition) is 0. The Labute approximate surface area is 185 Å². The molecule has 0 saturated heterocycles. The average Bonchev–Trinajstić information content (AvgIpc) is 3.25. The van der Waals surface area contributed by atoms with Gasteiger partial charge in [0.15, 0.2) is 0 Å². The number of fused-ring (bicyclic) bond motifs is 1. The van der Waals surface area contributed by atoms with Gasteiger partial charge in [-0.15, -0.1) is 0 Å². The van der Waals surface area contributed by atoms with E-state index in [4.69, 9.17) is 4.63 Å². The molecule has 3 aromatic carbocycles. The van der Waals surface area contributed by atoms with Crippen LogP contribution in [0.25, 0.3) is 33.3 Å². The van der Waals surface area contributed by atoms with Gasteiger partial charge in [0.1, 0.15) is 11.0 Å². The molecule has 0 unspecified atom stereocenters. The summed E-state index contributed by atoms with van der Waals surface area (Å²) in [7, 11) is 0. The molecule has 3 heteroatoms. The van der Waals surface area contributed by atoms with E-state index in [0.29, 0.717) is 0 Å². The van der Waals surface area contributed by atoms with Crippen LogP contribution in [0.5, 0.6) is 0 Å². The summed E-state index contributed by atoms with van der Waals surface area (Å²) in [6.07, 6.45) is 0. The van der Waals surface area contributed by atoms with Crippen molar-refractivity contribution in [3.63, 3.8) is 0 Å². The van der Waals surface area contributed by atoms with E-state index in [9.17, 15) is 0 Å². The van der Waals surface area contributed by atoms with Crippen molar-refractivity contribution in [2.45, 2.75) is 69.2 Å². The summed E-state index contributed by atoms with van der Waals surface area (Å²) in [6, 6.07) is 4.41. The Balaban J connectivity index is 2.08. The van der Waals surface area contributed by atoms with Gasteiger partial charge < -0.3 is 0 Å². The fourth-order valence-corrected chi connectivity index (χ4v) is 5.08. The maximum atomic E-state index is 5.32. The summed E-state index contributed by atoms with van der Waals surface area (Å²) < 4.78 is 5.32. The molecule has 0 radical (unpaired) electrons. The zero-order valence-corrected chi connectivity index (χ0v) is 20.5. The summed E-state index contributed by atoms with van der Waals surface area (Å²) in [5, 5.41) is 8.76. The van der Waals surface area contributed by atoms with Crippen LogP contribution < -0.4 is 0 Å². The highest BCUT2D eigenvalue weighted by atomic mass is 16.6. The molecule has 160 valence electrons. The molecule has 31 heavy (non-hydrogen) atoms. The summed E-state index contributed by atoms with van der Waals surface area (Å²) >= 11 is 0. The lowest BCUT2D eigenvalue weighted by Gasteiger charge is -2.21. The first-order valence-electron chi connectivity index (χ1n) is 11.0. The van der Waals surface area contributed by atoms with Crippen molar-refractivity contribution in [2.24, 2.45) is 0 Å². The van der Waals surface area contributed by atoms with Crippen LogP contribution in [-0.2, 0) is 0 Å². The van der Waals surface area contributed by atoms with Gasteiger partial charge in [0, 0.05) is 11.1 Å². The van der Waals surface area contributed by atoms with E-state index in [2.05, 4.69) is 91.7 Å². The lowest BCUT2D eigenvalue weighted by atomic mass is 9.83. The molecule has 4 aromatic rings. The van der Waals surface area contributed by atoms with Gasteiger partial charge in [-0.25, -0.2) is 4.63 Å². The van der Waals surface area contributed by atoms with Crippen LogP contribution in [0.3, 0.4) is 0 Å². The summed E-state index contributed by atoms with van der Waals surface area (Å²) in [6.45, 7) is 22.1. The van der Waals surface area contributed by atoms with Gasteiger partial charge in [-0.05, 0) is 146 Å². The minimum Gasteiger partial charge on any atom is -0.243 e. The summed E-state index contributed by atoms with van der Waals surface area (Å²) in [4.78, 5) is 0. The van der Waals surface area contributed by atoms with Gasteiger partial charge in [0.2, 0.25) is 0 Å². The van der Waals surface area contributed by atoms with E-state index in [-0.39, 0.29) is 0 Å². The van der Waals surface area contributed by atoms with Crippen molar-refractivity contribution in [1.29, 1.82) is 0 Å². The van der Waals surface area contributed by atoms with Crippen molar-refractivity contribution < 1.29 is 4.63 Å². The van der Waals surface area contributed by atoms with Gasteiger partial charge in [-0.3, -0.25) is 0 Å². The van der Waals surface area contributed by atoms with Crippen LogP contribution in [0.1, 0.15) is 55.6 Å². The second-order valence-corrected chi connectivity index (χ2v) is 9.12. The molecule has 3 nitrogen and oxygen atoms in total. The number of benzene rings is 3. The van der Waals surface area contributed by atoms with E-state index in [1.165, 1.54) is 66.8 Å². The van der Waals surface area contributed by atoms with Gasteiger partial charge >= 0.3 is 0 Å². The van der Waals surface area contributed by atoms with Gasteiger partial charge in [0.25, 0.3) is 0 Å². The third-order valence-electron chi connectivity index (χ3n) is 7.95. The molecular formula is C28H32N2O. The predicted octanol–water partition coefficient (Wildman–Crippen LogP) is 7.64. The number of aromatic nitrogens is 2. The fourth-order valence-electron chi connectivity index (χ4n) is 5.08. The third-order valence-corrected chi connectivity index (χ3v) is 7.95. The van der Waals surface area contributed by atoms with E-state index in [0.717, 1.165) is 22.2 Å². The molecule has 0 N–H and O–H groups in total. The van der Waals surface area contributed by atoms with E-state index < -0.39 is 0 Å². The van der Waals surface area contributed by atoms with Crippen LogP contribution in [0.4, 0.5) is 0 Å². The smallest absolute Gasteiger partial charge is 0.143 e. The van der Waals surface area contributed by atoms with E-state index >= 15 is 0 Å². The highest BCUT2D eigenvalue weighted by Crippen LogP contribution is 2.42. The minimum absolute atomic E-state index is 0.834. The van der Waals surface area contributed by atoms with Gasteiger partial charge in [-0.1, -0.05) is 12.1 Å². The highest BCUT2D eigenvalue weighted by molar-refractivity contribution is 6.02. The van der Waals surface area contributed by atoms with Crippen molar-refractivity contribution in [2.75, 3.05) is 0 Å². The second-order valence-electron chi connectivity index (χ2n) is 9.12. The number of rotatable bonds is 2. The van der Waals surface area contributed by atoms with E-state index in [1.807, 2.05) is 0 Å². The lowest BCUT2D eigenvalue weighted by Crippen LogP contribution is -2.02. The molecule has 1 heterocycles. The van der Waals surface area contributed by atoms with Crippen molar-refractivity contribution in [3.8, 4) is 22.3 Å². The molecule has 1 aromatic heterocycles. The van der Waals surface area contributed by atoms with Crippen LogP contribution in [-0.4, -0.2) is 10.3 Å². The van der Waals surface area contributed by atoms with Gasteiger partial charge in [0.05, 0.1) is 0 Å². The quantitative estimate of drug-likeness (QED) is 0.339. The molecule has 0 aliphatic carbocycles. The molecule has 0 atom stereocenters. The van der Waals surface area contributed by atoms with Crippen LogP contribution in [0.2, 0.25) is 0 Å². The molecule has 4 rings (SSSR count). The van der Waals surface area contributed by atoms with Gasteiger partial charge in [-0.2, -0.15) is 0 Å². The first-order chi connectivity index (χ1) is 14.6. The minimum atomic E-state index is 0.834. The molecule has 0 amide bonds. The molecule has 0 aliphatic rings. The van der Waals surface area contributed by atoms with E-state index in [1.54, 1.807) is 0 Å². The number of hydrogen-bond acceptors (Lipinski definition) is 3. The first kappa shape index (κ1) is 21.3. The Bertz CT molecular complexity index is 1210. The van der Waals surface area contributed by atoms with Crippen molar-refractivity contribution in [3.05, 3.63) is 67.8 Å². The monoisotopic (exact) mass is 412 g/mol. The highest BCUT2D eigenvalue weighted by Gasteiger charge is 2.22. The standard InChI is InChI=1S/C28H32N2O/c1-13-15(3)19(7)25(20(8)16(13)4)23-11-12-24(28-27(23)29-31-30-28)26-21(9)17(5)14(2)18(6)22(26)10/h11-12H,1-10H3. The molecule has 0 saturated carbocycles. The Kier molecular flexibility index (Phi) is 5.04. The van der Waals surface area contributed by atoms with Crippen molar-refractivity contribution >= 4 is 11.0 Å². The Morgan fingerprint density at radius 3 is 0.968 bits per heavy atom. The molecule has 0 spiro atoms. The maximum absolute atomic E-state index is 5.32. The zero-order chi connectivity index (χ0) is 22.8. The average molecular weight is 413 g/mol. The maximum Gasteiger partial charge on any atom is 0.143 e. The zero-order valence-electron chi connectivity index (χ0n) is 20.5. The Hall–Kier alpha value is -2.94. The molecule has 0 aliphatic heterocycles. The first-order valence-corrected chi connectivity index (χ1v) is 11.0. The number of nitrogens with zero attached hydrogens (tertiary/aromatic N) is 2. The predicted molar refractivity (Wildman–Crippen MR) is 130 cm³/mol. The Morgan fingerprint density at radius 2 is 0.677 bits per heavy atom. The lowest BCUT2D eigenvalue weighted by molar-refractivity contribution is 0.315. The normalized spacial score (nSPS) is 11.5. The topological polar surface area (TPSA) is 38.9 Å². The molecule has 0 bridgehead atoms. The van der Waals surface area contributed by atoms with Crippen LogP contribution in [0, 0.1) is 69.2 Å². The SMILES string of the molecule is Cc1c(C)c(C)c(-c2ccc(-c3c(C)c(C)c(C)c(C)c3C)c3nonc23)c(C)c1C. The fraction of sp³-hybridized carbons (Fsp3) is 0.357. The Morgan fingerprint density at radius 1 is 0.419 bits per heavy atom. The summed E-state index contributed by atoms with van der Waals surface area (Å²) in [5.41, 5.74) is 19.6. The van der Waals surface area contributed by atoms with Crippen LogP contribution in [0.15, 0.2) is 16.8 Å². The van der Waals surface area contributed by atoms with Crippen LogP contribution >= 0.6 is 0 Å². The second kappa shape index (κ2) is 7.33. The molecule has 0 fully saturated rings. The largest absolute Gasteiger partial charge is 0.243 e. The summed E-state index contributed by atoms with van der Waals surface area (Å²) in [5.74, 6) is 0. The van der Waals surface area contributed by atoms with Crippen molar-refractivity contribution in [1.82, 2.24) is 10.3 Å². The third kappa shape index (κ3) is 2.94. The molecular weight excluding hydrogens is 380 g/mol.